The number of tetrazole rings is 1. The van der Waals surface area contributed by atoms with Gasteiger partial charge in [0.25, 0.3) is 0 Å². The van der Waals surface area contributed by atoms with Gasteiger partial charge in [-0.1, -0.05) is 23.4 Å². The molecule has 0 radical (unpaired) electrons. The van der Waals surface area contributed by atoms with Crippen molar-refractivity contribution in [1.29, 1.82) is 0 Å². The van der Waals surface area contributed by atoms with Crippen LogP contribution < -0.4 is 10.5 Å². The van der Waals surface area contributed by atoms with Gasteiger partial charge in [-0.3, -0.25) is 4.99 Å². The second kappa shape index (κ2) is 5.74. The molecule has 0 aliphatic carbocycles. The van der Waals surface area contributed by atoms with Crippen molar-refractivity contribution in [2.45, 2.75) is 18.9 Å². The second-order valence-corrected chi connectivity index (χ2v) is 4.84. The van der Waals surface area contributed by atoms with Crippen LogP contribution in [0, 0.1) is 0 Å². The molecule has 2 aromatic rings. The van der Waals surface area contributed by atoms with Gasteiger partial charge in [-0.15, -0.1) is 10.2 Å². The van der Waals surface area contributed by atoms with Gasteiger partial charge < -0.3 is 10.5 Å². The van der Waals surface area contributed by atoms with Crippen molar-refractivity contribution in [3.05, 3.63) is 47.3 Å². The molecule has 1 aromatic heterocycles. The molecule has 1 unspecified atom stereocenters. The molecule has 21 heavy (non-hydrogen) atoms. The van der Waals surface area contributed by atoms with Gasteiger partial charge in [0.05, 0.1) is 13.2 Å². The molecule has 7 nitrogen and oxygen atoms in total. The van der Waals surface area contributed by atoms with Gasteiger partial charge in [0.2, 0.25) is 0 Å². The van der Waals surface area contributed by atoms with Crippen molar-refractivity contribution in [2.24, 2.45) is 10.7 Å². The van der Waals surface area contributed by atoms with Crippen molar-refractivity contribution in [3.63, 3.8) is 0 Å². The summed E-state index contributed by atoms with van der Waals surface area (Å²) < 4.78 is 5.42. The second-order valence-electron chi connectivity index (χ2n) is 4.84. The van der Waals surface area contributed by atoms with Gasteiger partial charge in [0.15, 0.2) is 5.82 Å². The van der Waals surface area contributed by atoms with E-state index in [0.717, 1.165) is 23.3 Å². The van der Waals surface area contributed by atoms with Gasteiger partial charge in [-0.25, -0.2) is 0 Å². The Labute approximate surface area is 121 Å². The van der Waals surface area contributed by atoms with E-state index in [1.165, 1.54) is 0 Å². The van der Waals surface area contributed by atoms with Crippen LogP contribution in [0.3, 0.4) is 0 Å². The summed E-state index contributed by atoms with van der Waals surface area (Å²) in [5.41, 5.74) is 7.87. The molecule has 0 saturated heterocycles. The van der Waals surface area contributed by atoms with Crippen molar-refractivity contribution in [2.75, 3.05) is 7.11 Å². The zero-order valence-electron chi connectivity index (χ0n) is 11.7. The molecule has 0 saturated carbocycles. The van der Waals surface area contributed by atoms with Crippen LogP contribution in [0.5, 0.6) is 5.75 Å². The predicted octanol–water partition coefficient (Wildman–Crippen LogP) is 0.637. The SMILES string of the molecule is COc1ccc(Cc2nn[nH]n2)cc1CC1C=CC(N)=N1. The highest BCUT2D eigenvalue weighted by molar-refractivity contribution is 5.93. The third-order valence-electron chi connectivity index (χ3n) is 3.33. The van der Waals surface area contributed by atoms with E-state index in [-0.39, 0.29) is 6.04 Å². The van der Waals surface area contributed by atoms with E-state index in [2.05, 4.69) is 31.7 Å². The molecule has 1 aliphatic heterocycles. The molecule has 7 heteroatoms. The fraction of sp³-hybridized carbons (Fsp3) is 0.286. The van der Waals surface area contributed by atoms with Crippen molar-refractivity contribution < 1.29 is 4.74 Å². The first-order valence-electron chi connectivity index (χ1n) is 6.64. The highest BCUT2D eigenvalue weighted by Gasteiger charge is 2.14. The third-order valence-corrected chi connectivity index (χ3v) is 3.33. The number of amidine groups is 1. The number of nitrogens with one attached hydrogen (secondary N) is 1. The Bertz CT molecular complexity index is 677. The van der Waals surface area contributed by atoms with E-state index in [1.54, 1.807) is 7.11 Å². The summed E-state index contributed by atoms with van der Waals surface area (Å²) >= 11 is 0. The summed E-state index contributed by atoms with van der Waals surface area (Å²) in [5.74, 6) is 2.08. The Morgan fingerprint density at radius 2 is 2.29 bits per heavy atom. The number of aromatic amines is 1. The van der Waals surface area contributed by atoms with Gasteiger partial charge in [0.1, 0.15) is 11.6 Å². The molecule has 0 bridgehead atoms. The standard InChI is InChI=1S/C14H16N6O/c1-21-12-4-2-9(7-14-17-19-20-18-14)6-10(12)8-11-3-5-13(15)16-11/h2-6,11H,7-8H2,1H3,(H2,15,16)(H,17,18,19,20). The molecule has 3 N–H and O–H groups in total. The number of ether oxygens (including phenoxy) is 1. The molecule has 2 heterocycles. The average Bonchev–Trinajstić information content (AvgIpc) is 3.11. The first kappa shape index (κ1) is 13.3. The lowest BCUT2D eigenvalue weighted by molar-refractivity contribution is 0.409. The maximum Gasteiger partial charge on any atom is 0.178 e. The average molecular weight is 284 g/mol. The minimum Gasteiger partial charge on any atom is -0.496 e. The van der Waals surface area contributed by atoms with E-state index >= 15 is 0 Å². The van der Waals surface area contributed by atoms with E-state index < -0.39 is 0 Å². The van der Waals surface area contributed by atoms with Crippen LogP contribution in [0.2, 0.25) is 0 Å². The normalized spacial score (nSPS) is 17.0. The van der Waals surface area contributed by atoms with Gasteiger partial charge in [0, 0.05) is 12.8 Å². The smallest absolute Gasteiger partial charge is 0.178 e. The minimum atomic E-state index is 0.0688. The van der Waals surface area contributed by atoms with Crippen LogP contribution >= 0.6 is 0 Å². The number of hydrogen-bond acceptors (Lipinski definition) is 6. The van der Waals surface area contributed by atoms with Gasteiger partial charge in [-0.05, 0) is 23.3 Å². The molecular formula is C14H16N6O. The number of benzene rings is 1. The van der Waals surface area contributed by atoms with Crippen LogP contribution in [-0.2, 0) is 12.8 Å². The predicted molar refractivity (Wildman–Crippen MR) is 78.2 cm³/mol. The number of aromatic nitrogens is 4. The van der Waals surface area contributed by atoms with Crippen LogP contribution in [0.25, 0.3) is 0 Å². The van der Waals surface area contributed by atoms with E-state index in [9.17, 15) is 0 Å². The van der Waals surface area contributed by atoms with Crippen molar-refractivity contribution >= 4 is 5.84 Å². The number of nitrogens with two attached hydrogens (primary N) is 1. The van der Waals surface area contributed by atoms with Crippen molar-refractivity contribution in [3.8, 4) is 5.75 Å². The fourth-order valence-corrected chi connectivity index (χ4v) is 2.37. The largest absolute Gasteiger partial charge is 0.496 e. The zero-order chi connectivity index (χ0) is 14.7. The lowest BCUT2D eigenvalue weighted by Crippen LogP contribution is -2.09. The number of methoxy groups -OCH3 is 1. The maximum atomic E-state index is 5.67. The van der Waals surface area contributed by atoms with Crippen LogP contribution in [-0.4, -0.2) is 39.6 Å². The number of rotatable bonds is 5. The monoisotopic (exact) mass is 284 g/mol. The molecule has 1 aliphatic rings. The van der Waals surface area contributed by atoms with Gasteiger partial charge in [-0.2, -0.15) is 5.21 Å². The summed E-state index contributed by atoms with van der Waals surface area (Å²) in [7, 11) is 1.67. The van der Waals surface area contributed by atoms with Crippen LogP contribution in [0.1, 0.15) is 17.0 Å². The molecule has 3 rings (SSSR count). The highest BCUT2D eigenvalue weighted by Crippen LogP contribution is 2.24. The Hall–Kier alpha value is -2.70. The Kier molecular flexibility index (Phi) is 3.63. The summed E-state index contributed by atoms with van der Waals surface area (Å²) in [6.07, 6.45) is 5.21. The van der Waals surface area contributed by atoms with Crippen molar-refractivity contribution in [1.82, 2.24) is 20.6 Å². The first-order valence-corrected chi connectivity index (χ1v) is 6.64. The van der Waals surface area contributed by atoms with Crippen LogP contribution in [0.4, 0.5) is 0 Å². The maximum absolute atomic E-state index is 5.67. The lowest BCUT2D eigenvalue weighted by Gasteiger charge is -2.12. The molecule has 0 spiro atoms. The number of H-pyrrole nitrogens is 1. The Morgan fingerprint density at radius 1 is 1.38 bits per heavy atom. The molecule has 108 valence electrons. The zero-order valence-corrected chi connectivity index (χ0v) is 11.7. The molecule has 1 aromatic carbocycles. The van der Waals surface area contributed by atoms with Crippen LogP contribution in [0.15, 0.2) is 35.3 Å². The number of aliphatic imine (C=N–C) groups is 1. The third kappa shape index (κ3) is 3.07. The fourth-order valence-electron chi connectivity index (χ4n) is 2.37. The van der Waals surface area contributed by atoms with E-state index in [1.807, 2.05) is 24.3 Å². The molecule has 0 amide bonds. The van der Waals surface area contributed by atoms with Gasteiger partial charge >= 0.3 is 0 Å². The number of nitrogens with zero attached hydrogens (tertiary/aromatic N) is 4. The molecular weight excluding hydrogens is 268 g/mol. The quantitative estimate of drug-likeness (QED) is 0.838. The summed E-state index contributed by atoms with van der Waals surface area (Å²) in [4.78, 5) is 4.35. The highest BCUT2D eigenvalue weighted by atomic mass is 16.5. The summed E-state index contributed by atoms with van der Waals surface area (Å²) in [5, 5.41) is 14.0. The molecule has 1 atom stereocenters. The molecule has 0 fully saturated rings. The Morgan fingerprint density at radius 3 is 2.95 bits per heavy atom. The topological polar surface area (TPSA) is 102 Å². The van der Waals surface area contributed by atoms with E-state index in [0.29, 0.717) is 18.1 Å². The Balaban J connectivity index is 1.81. The summed E-state index contributed by atoms with van der Waals surface area (Å²) in [6, 6.07) is 6.11. The first-order chi connectivity index (χ1) is 10.2. The minimum absolute atomic E-state index is 0.0688. The summed E-state index contributed by atoms with van der Waals surface area (Å²) in [6.45, 7) is 0. The number of hydrogen-bond donors (Lipinski definition) is 2. The van der Waals surface area contributed by atoms with E-state index in [4.69, 9.17) is 10.5 Å². The lowest BCUT2D eigenvalue weighted by atomic mass is 10.0.